The first-order chi connectivity index (χ1) is 9.38. The lowest BCUT2D eigenvalue weighted by Crippen LogP contribution is -2.16. The molecule has 20 heavy (non-hydrogen) atoms. The lowest BCUT2D eigenvalue weighted by molar-refractivity contribution is 0.101. The largest absolute Gasteiger partial charge is 0.314 e. The summed E-state index contributed by atoms with van der Waals surface area (Å²) in [5.41, 5.74) is -0.533. The summed E-state index contributed by atoms with van der Waals surface area (Å²) in [5, 5.41) is 8.42. The Kier molecular flexibility index (Phi) is 4.12. The minimum atomic E-state index is -0.884. The summed E-state index contributed by atoms with van der Waals surface area (Å²) in [6, 6.07) is 2.10. The van der Waals surface area contributed by atoms with Gasteiger partial charge >= 0.3 is 0 Å². The molecular weight excluding hydrogens is 334 g/mol. The number of carbonyl (C=O) groups is 1. The second kappa shape index (κ2) is 5.66. The molecule has 0 saturated heterocycles. The third-order valence-electron chi connectivity index (χ3n) is 2.50. The number of H-pyrrole nitrogens is 1. The molecule has 0 aliphatic rings. The van der Waals surface area contributed by atoms with Crippen LogP contribution in [0.4, 0.5) is 14.5 Å². The maximum Gasteiger partial charge on any atom is 0.295 e. The summed E-state index contributed by atoms with van der Waals surface area (Å²) in [4.78, 5) is 15.8. The highest BCUT2D eigenvalue weighted by molar-refractivity contribution is 9.10. The molecule has 2 rings (SSSR count). The summed E-state index contributed by atoms with van der Waals surface area (Å²) in [6.45, 7) is 3.74. The van der Waals surface area contributed by atoms with Crippen molar-refractivity contribution in [2.75, 3.05) is 5.32 Å². The summed E-state index contributed by atoms with van der Waals surface area (Å²) in [5.74, 6) is -2.14. The highest BCUT2D eigenvalue weighted by atomic mass is 79.9. The molecule has 0 aliphatic carbocycles. The molecule has 1 aromatic carbocycles. The van der Waals surface area contributed by atoms with E-state index in [1.807, 2.05) is 13.8 Å². The fourth-order valence-corrected chi connectivity index (χ4v) is 1.87. The van der Waals surface area contributed by atoms with E-state index in [0.717, 1.165) is 12.1 Å². The maximum atomic E-state index is 13.6. The Morgan fingerprint density at radius 3 is 2.45 bits per heavy atom. The number of amides is 1. The molecule has 0 spiro atoms. The fraction of sp³-hybridized carbons (Fsp3) is 0.250. The van der Waals surface area contributed by atoms with Gasteiger partial charge in [-0.15, -0.1) is 5.10 Å². The molecule has 0 radical (unpaired) electrons. The molecule has 0 saturated carbocycles. The first-order valence-electron chi connectivity index (χ1n) is 5.76. The number of aromatic nitrogens is 3. The Balaban J connectivity index is 2.23. The first-order valence-corrected chi connectivity index (χ1v) is 6.56. The Bertz CT molecular complexity index is 634. The van der Waals surface area contributed by atoms with Gasteiger partial charge in [-0.2, -0.15) is 0 Å². The highest BCUT2D eigenvalue weighted by Gasteiger charge is 2.18. The van der Waals surface area contributed by atoms with Crippen molar-refractivity contribution in [2.24, 2.45) is 0 Å². The maximum absolute atomic E-state index is 13.6. The van der Waals surface area contributed by atoms with E-state index in [9.17, 15) is 13.6 Å². The molecule has 8 heteroatoms. The van der Waals surface area contributed by atoms with Crippen molar-refractivity contribution in [3.63, 3.8) is 0 Å². The average molecular weight is 345 g/mol. The number of halogens is 3. The summed E-state index contributed by atoms with van der Waals surface area (Å²) >= 11 is 2.96. The standard InChI is InChI=1S/C12H11BrF2N4O/c1-5(2)10-17-11(19-18-10)12(20)16-9-7(14)3-6(13)4-8(9)15/h3-5H,1-2H3,(H,16,20)(H,17,18,19). The number of aromatic amines is 1. The van der Waals surface area contributed by atoms with Crippen LogP contribution in [0.1, 0.15) is 36.2 Å². The van der Waals surface area contributed by atoms with Crippen molar-refractivity contribution >= 4 is 27.5 Å². The van der Waals surface area contributed by atoms with Crippen molar-refractivity contribution in [1.29, 1.82) is 0 Å². The highest BCUT2D eigenvalue weighted by Crippen LogP contribution is 2.24. The number of carbonyl (C=O) groups excluding carboxylic acids is 1. The molecule has 1 heterocycles. The lowest BCUT2D eigenvalue weighted by Gasteiger charge is -2.06. The summed E-state index contributed by atoms with van der Waals surface area (Å²) in [6.07, 6.45) is 0. The molecule has 0 bridgehead atoms. The second-order valence-electron chi connectivity index (χ2n) is 4.40. The zero-order chi connectivity index (χ0) is 14.9. The normalized spacial score (nSPS) is 10.9. The van der Waals surface area contributed by atoms with Gasteiger partial charge in [-0.3, -0.25) is 9.89 Å². The van der Waals surface area contributed by atoms with Crippen molar-refractivity contribution in [3.05, 3.63) is 39.9 Å². The quantitative estimate of drug-likeness (QED) is 0.897. The SMILES string of the molecule is CC(C)c1nc(C(=O)Nc2c(F)cc(Br)cc2F)n[nH]1. The molecule has 2 aromatic rings. The Labute approximate surface area is 121 Å². The topological polar surface area (TPSA) is 70.7 Å². The third kappa shape index (κ3) is 3.01. The van der Waals surface area contributed by atoms with Gasteiger partial charge in [0.1, 0.15) is 11.5 Å². The molecule has 0 atom stereocenters. The van der Waals surface area contributed by atoms with E-state index in [1.54, 1.807) is 0 Å². The number of nitrogens with one attached hydrogen (secondary N) is 2. The molecule has 0 unspecified atom stereocenters. The third-order valence-corrected chi connectivity index (χ3v) is 2.96. The Morgan fingerprint density at radius 1 is 1.35 bits per heavy atom. The predicted octanol–water partition coefficient (Wildman–Crippen LogP) is 3.22. The molecule has 1 aromatic heterocycles. The zero-order valence-corrected chi connectivity index (χ0v) is 12.3. The van der Waals surface area contributed by atoms with E-state index >= 15 is 0 Å². The summed E-state index contributed by atoms with van der Waals surface area (Å²) < 4.78 is 27.4. The number of rotatable bonds is 3. The average Bonchev–Trinajstić information content (AvgIpc) is 2.83. The van der Waals surface area contributed by atoms with Gasteiger partial charge in [0.05, 0.1) is 0 Å². The predicted molar refractivity (Wildman–Crippen MR) is 72.5 cm³/mol. The molecule has 1 amide bonds. The second-order valence-corrected chi connectivity index (χ2v) is 5.31. The van der Waals surface area contributed by atoms with E-state index in [4.69, 9.17) is 0 Å². The molecular formula is C12H11BrF2N4O. The number of hydrogen-bond donors (Lipinski definition) is 2. The van der Waals surface area contributed by atoms with Crippen LogP contribution in [-0.4, -0.2) is 21.1 Å². The van der Waals surface area contributed by atoms with Crippen LogP contribution < -0.4 is 5.32 Å². The summed E-state index contributed by atoms with van der Waals surface area (Å²) in [7, 11) is 0. The van der Waals surface area contributed by atoms with Gasteiger partial charge in [0, 0.05) is 10.4 Å². The lowest BCUT2D eigenvalue weighted by atomic mass is 10.2. The molecule has 5 nitrogen and oxygen atoms in total. The van der Waals surface area contributed by atoms with Crippen LogP contribution in [0.3, 0.4) is 0 Å². The van der Waals surface area contributed by atoms with E-state index in [2.05, 4.69) is 36.4 Å². The van der Waals surface area contributed by atoms with Gasteiger partial charge in [-0.25, -0.2) is 13.8 Å². The molecule has 2 N–H and O–H groups in total. The fourth-order valence-electron chi connectivity index (χ4n) is 1.47. The van der Waals surface area contributed by atoms with Gasteiger partial charge in [0.15, 0.2) is 11.6 Å². The van der Waals surface area contributed by atoms with Crippen LogP contribution in [0.2, 0.25) is 0 Å². The molecule has 0 aliphatic heterocycles. The van der Waals surface area contributed by atoms with Crippen LogP contribution in [0.15, 0.2) is 16.6 Å². The monoisotopic (exact) mass is 344 g/mol. The van der Waals surface area contributed by atoms with Crippen LogP contribution in [0, 0.1) is 11.6 Å². The molecule has 0 fully saturated rings. The van der Waals surface area contributed by atoms with Gasteiger partial charge in [-0.05, 0) is 12.1 Å². The van der Waals surface area contributed by atoms with Gasteiger partial charge in [0.2, 0.25) is 5.82 Å². The minimum absolute atomic E-state index is 0.0604. The van der Waals surface area contributed by atoms with Crippen LogP contribution in [0.5, 0.6) is 0 Å². The van der Waals surface area contributed by atoms with Crippen molar-refractivity contribution in [1.82, 2.24) is 15.2 Å². The zero-order valence-electron chi connectivity index (χ0n) is 10.7. The van der Waals surface area contributed by atoms with Crippen molar-refractivity contribution < 1.29 is 13.6 Å². The van der Waals surface area contributed by atoms with Crippen molar-refractivity contribution in [2.45, 2.75) is 19.8 Å². The van der Waals surface area contributed by atoms with E-state index in [0.29, 0.717) is 5.82 Å². The minimum Gasteiger partial charge on any atom is -0.314 e. The smallest absolute Gasteiger partial charge is 0.295 e. The number of nitrogens with zero attached hydrogens (tertiary/aromatic N) is 2. The first kappa shape index (κ1) is 14.6. The van der Waals surface area contributed by atoms with Gasteiger partial charge in [0.25, 0.3) is 5.91 Å². The van der Waals surface area contributed by atoms with E-state index in [-0.39, 0.29) is 16.2 Å². The Morgan fingerprint density at radius 2 is 1.95 bits per heavy atom. The molecule has 106 valence electrons. The van der Waals surface area contributed by atoms with Gasteiger partial charge in [-0.1, -0.05) is 29.8 Å². The van der Waals surface area contributed by atoms with Crippen LogP contribution in [-0.2, 0) is 0 Å². The van der Waals surface area contributed by atoms with Crippen LogP contribution >= 0.6 is 15.9 Å². The van der Waals surface area contributed by atoms with Crippen molar-refractivity contribution in [3.8, 4) is 0 Å². The number of benzene rings is 1. The van der Waals surface area contributed by atoms with E-state index in [1.165, 1.54) is 0 Å². The Hall–Kier alpha value is -1.83. The van der Waals surface area contributed by atoms with Gasteiger partial charge < -0.3 is 5.32 Å². The number of anilines is 1. The number of hydrogen-bond acceptors (Lipinski definition) is 3. The van der Waals surface area contributed by atoms with E-state index < -0.39 is 23.2 Å². The van der Waals surface area contributed by atoms with Crippen LogP contribution in [0.25, 0.3) is 0 Å².